The fourth-order valence-electron chi connectivity index (χ4n) is 1.95. The van der Waals surface area contributed by atoms with Crippen LogP contribution < -0.4 is 10.2 Å². The maximum Gasteiger partial charge on any atom is 0.259 e. The molecule has 4 nitrogen and oxygen atoms in total. The smallest absolute Gasteiger partial charge is 0.259 e. The Labute approximate surface area is 123 Å². The number of amides is 1. The summed E-state index contributed by atoms with van der Waals surface area (Å²) < 4.78 is 0. The van der Waals surface area contributed by atoms with Gasteiger partial charge in [-0.3, -0.25) is 4.79 Å². The molecule has 20 heavy (non-hydrogen) atoms. The summed E-state index contributed by atoms with van der Waals surface area (Å²) in [5, 5.41) is 3.30. The van der Waals surface area contributed by atoms with Crippen molar-refractivity contribution in [3.8, 4) is 0 Å². The molecule has 0 aliphatic heterocycles. The van der Waals surface area contributed by atoms with E-state index in [2.05, 4.69) is 10.3 Å². The number of aromatic nitrogens is 1. The number of halogens is 1. The topological polar surface area (TPSA) is 45.2 Å². The molecule has 0 fully saturated rings. The van der Waals surface area contributed by atoms with Crippen molar-refractivity contribution in [2.45, 2.75) is 6.92 Å². The first-order valence-corrected chi connectivity index (χ1v) is 6.75. The number of anilines is 2. The van der Waals surface area contributed by atoms with E-state index in [9.17, 15) is 4.79 Å². The Kier molecular flexibility index (Phi) is 4.58. The predicted octanol–water partition coefficient (Wildman–Crippen LogP) is 3.44. The average Bonchev–Trinajstić information content (AvgIpc) is 2.49. The molecule has 1 aromatic carbocycles. The third-order valence-electron chi connectivity index (χ3n) is 2.95. The van der Waals surface area contributed by atoms with Gasteiger partial charge in [0.05, 0.1) is 10.6 Å². The van der Waals surface area contributed by atoms with E-state index in [1.54, 1.807) is 18.0 Å². The highest BCUT2D eigenvalue weighted by Gasteiger charge is 2.17. The van der Waals surface area contributed by atoms with Gasteiger partial charge in [0.15, 0.2) is 0 Å². The summed E-state index contributed by atoms with van der Waals surface area (Å²) in [5.74, 6) is 0.446. The van der Waals surface area contributed by atoms with E-state index >= 15 is 0 Å². The maximum absolute atomic E-state index is 12.5. The van der Waals surface area contributed by atoms with Gasteiger partial charge in [-0.15, -0.1) is 0 Å². The number of pyridine rings is 1. The molecule has 0 atom stereocenters. The monoisotopic (exact) mass is 289 g/mol. The Balaban J connectivity index is 2.32. The highest BCUT2D eigenvalue weighted by molar-refractivity contribution is 6.33. The summed E-state index contributed by atoms with van der Waals surface area (Å²) in [5.41, 5.74) is 1.33. The van der Waals surface area contributed by atoms with E-state index in [4.69, 9.17) is 11.6 Å². The van der Waals surface area contributed by atoms with Crippen molar-refractivity contribution in [3.05, 3.63) is 53.2 Å². The van der Waals surface area contributed by atoms with E-state index in [1.807, 2.05) is 37.3 Å². The zero-order valence-corrected chi connectivity index (χ0v) is 12.2. The second-order valence-corrected chi connectivity index (χ2v) is 4.60. The minimum atomic E-state index is -0.115. The van der Waals surface area contributed by atoms with Crippen LogP contribution >= 0.6 is 11.6 Å². The number of rotatable bonds is 4. The molecule has 1 amide bonds. The van der Waals surface area contributed by atoms with E-state index in [-0.39, 0.29) is 5.91 Å². The van der Waals surface area contributed by atoms with E-state index in [0.29, 0.717) is 22.9 Å². The number of hydrogen-bond acceptors (Lipinski definition) is 3. The summed E-state index contributed by atoms with van der Waals surface area (Å²) in [6.07, 6.45) is 1.53. The summed E-state index contributed by atoms with van der Waals surface area (Å²) in [6, 6.07) is 11.2. The van der Waals surface area contributed by atoms with Gasteiger partial charge >= 0.3 is 0 Å². The van der Waals surface area contributed by atoms with Crippen LogP contribution in [0, 0.1) is 0 Å². The van der Waals surface area contributed by atoms with Crippen LogP contribution in [0.3, 0.4) is 0 Å². The Morgan fingerprint density at radius 3 is 2.60 bits per heavy atom. The van der Waals surface area contributed by atoms with Crippen molar-refractivity contribution < 1.29 is 4.79 Å². The number of para-hydroxylation sites is 1. The number of hydrogen-bond donors (Lipinski definition) is 1. The van der Waals surface area contributed by atoms with Gasteiger partial charge in [-0.05, 0) is 25.1 Å². The Bertz CT molecular complexity index is 601. The molecule has 0 saturated carbocycles. The van der Waals surface area contributed by atoms with Crippen LogP contribution in [-0.2, 0) is 0 Å². The van der Waals surface area contributed by atoms with Crippen LogP contribution in [0.4, 0.5) is 11.5 Å². The first-order chi connectivity index (χ1) is 9.67. The van der Waals surface area contributed by atoms with Crippen LogP contribution in [0.15, 0.2) is 42.6 Å². The molecule has 104 valence electrons. The van der Waals surface area contributed by atoms with E-state index in [1.165, 1.54) is 6.20 Å². The molecule has 1 N–H and O–H groups in total. The van der Waals surface area contributed by atoms with Crippen molar-refractivity contribution in [1.29, 1.82) is 0 Å². The van der Waals surface area contributed by atoms with Gasteiger partial charge in [0, 0.05) is 25.5 Å². The van der Waals surface area contributed by atoms with E-state index < -0.39 is 0 Å². The molecule has 0 saturated heterocycles. The van der Waals surface area contributed by atoms with Gasteiger partial charge in [0.25, 0.3) is 5.91 Å². The molecule has 0 aliphatic rings. The lowest BCUT2D eigenvalue weighted by atomic mass is 10.2. The quantitative estimate of drug-likeness (QED) is 0.938. The molecule has 1 heterocycles. The van der Waals surface area contributed by atoms with Crippen LogP contribution in [-0.4, -0.2) is 24.5 Å². The minimum absolute atomic E-state index is 0.115. The Morgan fingerprint density at radius 2 is 2.05 bits per heavy atom. The zero-order chi connectivity index (χ0) is 14.5. The zero-order valence-electron chi connectivity index (χ0n) is 11.4. The first-order valence-electron chi connectivity index (χ1n) is 6.37. The van der Waals surface area contributed by atoms with Crippen molar-refractivity contribution in [2.24, 2.45) is 0 Å². The molecule has 0 unspecified atom stereocenters. The number of carbonyl (C=O) groups is 1. The van der Waals surface area contributed by atoms with Crippen LogP contribution in [0.2, 0.25) is 5.02 Å². The fraction of sp³-hybridized carbons (Fsp3) is 0.200. The van der Waals surface area contributed by atoms with Crippen LogP contribution in [0.25, 0.3) is 0 Å². The predicted molar refractivity (Wildman–Crippen MR) is 82.6 cm³/mol. The first kappa shape index (κ1) is 14.3. The van der Waals surface area contributed by atoms with Gasteiger partial charge in [-0.25, -0.2) is 4.98 Å². The lowest BCUT2D eigenvalue weighted by molar-refractivity contribution is 0.0988. The molecule has 2 rings (SSSR count). The van der Waals surface area contributed by atoms with Gasteiger partial charge in [-0.2, -0.15) is 0 Å². The highest BCUT2D eigenvalue weighted by Crippen LogP contribution is 2.22. The Hall–Kier alpha value is -2.07. The number of benzene rings is 1. The lowest BCUT2D eigenvalue weighted by Crippen LogP contribution is -2.30. The van der Waals surface area contributed by atoms with Gasteiger partial charge in [0.1, 0.15) is 5.82 Å². The van der Waals surface area contributed by atoms with Crippen molar-refractivity contribution in [2.75, 3.05) is 23.8 Å². The largest absolute Gasteiger partial charge is 0.372 e. The second kappa shape index (κ2) is 6.39. The normalized spacial score (nSPS) is 10.2. The average molecular weight is 290 g/mol. The van der Waals surface area contributed by atoms with Crippen LogP contribution in [0.1, 0.15) is 17.3 Å². The molecular weight excluding hydrogens is 274 g/mol. The van der Waals surface area contributed by atoms with Gasteiger partial charge in [-0.1, -0.05) is 29.8 Å². The third kappa shape index (κ3) is 2.91. The van der Waals surface area contributed by atoms with Crippen LogP contribution in [0.5, 0.6) is 0 Å². The molecule has 5 heteroatoms. The van der Waals surface area contributed by atoms with Crippen molar-refractivity contribution >= 4 is 29.0 Å². The molecule has 0 aliphatic carbocycles. The van der Waals surface area contributed by atoms with E-state index in [0.717, 1.165) is 5.69 Å². The maximum atomic E-state index is 12.5. The van der Waals surface area contributed by atoms with Gasteiger partial charge in [0.2, 0.25) is 0 Å². The molecular formula is C15H16ClN3O. The number of nitrogens with zero attached hydrogens (tertiary/aromatic N) is 2. The Morgan fingerprint density at radius 1 is 1.35 bits per heavy atom. The van der Waals surface area contributed by atoms with Crippen molar-refractivity contribution in [1.82, 2.24) is 4.98 Å². The molecule has 0 radical (unpaired) electrons. The number of nitrogens with one attached hydrogen (secondary N) is 1. The molecule has 2 aromatic rings. The standard InChI is InChI=1S/C15H16ClN3O/c1-3-19(12-7-5-4-6-8-12)15(20)11-9-13(16)14(17-2)18-10-11/h4-10H,3H2,1-2H3,(H,17,18). The van der Waals surface area contributed by atoms with Gasteiger partial charge < -0.3 is 10.2 Å². The summed E-state index contributed by atoms with van der Waals surface area (Å²) in [7, 11) is 1.73. The highest BCUT2D eigenvalue weighted by atomic mass is 35.5. The number of carbonyl (C=O) groups excluding carboxylic acids is 1. The molecule has 0 bridgehead atoms. The summed E-state index contributed by atoms with van der Waals surface area (Å²) in [4.78, 5) is 18.4. The second-order valence-electron chi connectivity index (χ2n) is 4.19. The lowest BCUT2D eigenvalue weighted by Gasteiger charge is -2.21. The molecule has 0 spiro atoms. The van der Waals surface area contributed by atoms with Crippen molar-refractivity contribution in [3.63, 3.8) is 0 Å². The summed E-state index contributed by atoms with van der Waals surface area (Å²) >= 11 is 6.07. The minimum Gasteiger partial charge on any atom is -0.372 e. The molecule has 1 aromatic heterocycles. The summed E-state index contributed by atoms with van der Waals surface area (Å²) in [6.45, 7) is 2.51. The SMILES string of the molecule is CCN(C(=O)c1cnc(NC)c(Cl)c1)c1ccccc1. The third-order valence-corrected chi connectivity index (χ3v) is 3.24. The fourth-order valence-corrected chi connectivity index (χ4v) is 2.21.